The molecule has 2 atom stereocenters. The van der Waals surface area contributed by atoms with Crippen LogP contribution in [0.1, 0.15) is 61.2 Å². The van der Waals surface area contributed by atoms with E-state index in [0.29, 0.717) is 48.9 Å². The van der Waals surface area contributed by atoms with E-state index in [1.54, 1.807) is 14.2 Å². The number of pyridine rings is 3. The zero-order valence-corrected chi connectivity index (χ0v) is 30.1. The van der Waals surface area contributed by atoms with Crippen molar-refractivity contribution in [1.82, 2.24) is 19.4 Å². The Kier molecular flexibility index (Phi) is 11.2. The van der Waals surface area contributed by atoms with Crippen LogP contribution in [0, 0.1) is 30.9 Å². The van der Waals surface area contributed by atoms with E-state index in [2.05, 4.69) is 77.3 Å². The fourth-order valence-electron chi connectivity index (χ4n) is 7.59. The second kappa shape index (κ2) is 15.7. The Morgan fingerprint density at radius 2 is 1.82 bits per heavy atom. The molecule has 0 bridgehead atoms. The van der Waals surface area contributed by atoms with Gasteiger partial charge in [-0.25, -0.2) is 9.65 Å². The van der Waals surface area contributed by atoms with Crippen molar-refractivity contribution in [1.29, 1.82) is 5.26 Å². The molecular weight excluding hydrogens is 628 g/mol. The highest BCUT2D eigenvalue weighted by Crippen LogP contribution is 2.39. The zero-order chi connectivity index (χ0) is 35.4. The van der Waals surface area contributed by atoms with Crippen LogP contribution in [-0.2, 0) is 17.8 Å². The minimum absolute atomic E-state index is 0.00854. The lowest BCUT2D eigenvalue weighted by molar-refractivity contribution is 0.158. The number of aryl methyl sites for hydroxylation is 2. The van der Waals surface area contributed by atoms with Crippen LogP contribution in [0.25, 0.3) is 10.9 Å². The Bertz CT molecular complexity index is 1890. The van der Waals surface area contributed by atoms with Gasteiger partial charge in [-0.1, -0.05) is 6.92 Å². The predicted octanol–water partition coefficient (Wildman–Crippen LogP) is 6.58. The molecule has 7 rings (SSSR count). The molecule has 1 aromatic carbocycles. The van der Waals surface area contributed by atoms with Crippen molar-refractivity contribution in [3.05, 3.63) is 93.5 Å². The Labute approximate surface area is 295 Å². The molecule has 3 aliphatic rings. The maximum absolute atomic E-state index is 15.9. The van der Waals surface area contributed by atoms with Crippen LogP contribution in [0.5, 0.6) is 0 Å². The largest absolute Gasteiger partial charge is 0.388 e. The number of methoxy groups -OCH3 is 1. The van der Waals surface area contributed by atoms with Gasteiger partial charge in [0.1, 0.15) is 5.82 Å². The molecule has 0 N–H and O–H groups in total. The summed E-state index contributed by atoms with van der Waals surface area (Å²) in [5, 5.41) is 9.95. The highest BCUT2D eigenvalue weighted by molar-refractivity contribution is 6.68. The molecule has 4 aromatic rings. The number of rotatable bonds is 8. The van der Waals surface area contributed by atoms with E-state index in [1.165, 1.54) is 11.6 Å². The van der Waals surface area contributed by atoms with Gasteiger partial charge in [-0.2, -0.15) is 0 Å². The molecule has 2 aliphatic heterocycles. The van der Waals surface area contributed by atoms with E-state index in [1.807, 2.05) is 32.3 Å². The number of aromatic nitrogens is 3. The van der Waals surface area contributed by atoms with Gasteiger partial charge in [0.05, 0.1) is 23.1 Å². The summed E-state index contributed by atoms with van der Waals surface area (Å²) >= 11 is 0. The molecule has 3 aromatic heterocycles. The van der Waals surface area contributed by atoms with Crippen LogP contribution in [-0.4, -0.2) is 72.6 Å². The van der Waals surface area contributed by atoms with Crippen molar-refractivity contribution < 1.29 is 9.13 Å². The van der Waals surface area contributed by atoms with Gasteiger partial charge in [0, 0.05) is 106 Å². The standard InChI is InChI=1S/C37H43BFN7O.C2H6O/c1-25-19-44(14-11-38(25)24-40)36-17-35-33(16-34(36)39)37(47)29(22-46(35)30-8-9-30)21-45(20-28-10-12-41-27(3)15-28)32-5-4-13-43(23-32)31-7-6-26(2)42-18-31;1-3-2/h6-7,10,12,15-18,22,25,30,32H,4-5,8-9,11,13-14,19-21,23H2,1-3H3;1-2H3/t25-,32+;/m1./s1. The normalized spacial score (nSPS) is 19.4. The van der Waals surface area contributed by atoms with Crippen molar-refractivity contribution in [2.24, 2.45) is 0 Å². The second-order valence-electron chi connectivity index (χ2n) is 14.4. The lowest BCUT2D eigenvalue weighted by atomic mass is 9.39. The number of benzene rings is 1. The predicted molar refractivity (Wildman–Crippen MR) is 200 cm³/mol. The third-order valence-corrected chi connectivity index (χ3v) is 10.4. The summed E-state index contributed by atoms with van der Waals surface area (Å²) in [5.41, 5.74) is 6.22. The van der Waals surface area contributed by atoms with Crippen LogP contribution in [0.15, 0.2) is 59.8 Å². The SMILES string of the molecule is COC.Cc1ccc(N2CCC[C@H](N(Cc3ccnc(C)c3)Cc3cn(C4CC4)c4cc(N5CCB(C#N)[C@H](C)C5)c(F)cc4c3=O)C2)cn1. The molecule has 50 heavy (non-hydrogen) atoms. The van der Waals surface area contributed by atoms with Crippen molar-refractivity contribution in [3.63, 3.8) is 0 Å². The molecule has 1 saturated carbocycles. The van der Waals surface area contributed by atoms with Gasteiger partial charge in [-0.3, -0.25) is 19.7 Å². The first-order chi connectivity index (χ1) is 24.2. The molecule has 1 aliphatic carbocycles. The van der Waals surface area contributed by atoms with E-state index in [0.717, 1.165) is 67.7 Å². The zero-order valence-electron chi connectivity index (χ0n) is 30.1. The Balaban J connectivity index is 0.00000139. The van der Waals surface area contributed by atoms with Gasteiger partial charge < -0.3 is 19.1 Å². The molecule has 0 radical (unpaired) electrons. The van der Waals surface area contributed by atoms with Crippen LogP contribution in [0.2, 0.25) is 12.1 Å². The van der Waals surface area contributed by atoms with Gasteiger partial charge in [0.15, 0.2) is 5.43 Å². The smallest absolute Gasteiger partial charge is 0.274 e. The van der Waals surface area contributed by atoms with Crippen molar-refractivity contribution in [2.45, 2.75) is 83.8 Å². The number of anilines is 2. The van der Waals surface area contributed by atoms with Crippen molar-refractivity contribution in [2.75, 3.05) is 50.2 Å². The first-order valence-electron chi connectivity index (χ1n) is 17.9. The number of hydrogen-bond donors (Lipinski definition) is 0. The van der Waals surface area contributed by atoms with Gasteiger partial charge in [0.2, 0.25) is 0 Å². The fraction of sp³-hybridized carbons (Fsp3) is 0.487. The Morgan fingerprint density at radius 1 is 1.02 bits per heavy atom. The second-order valence-corrected chi connectivity index (χ2v) is 14.4. The van der Waals surface area contributed by atoms with Crippen molar-refractivity contribution >= 4 is 29.0 Å². The minimum Gasteiger partial charge on any atom is -0.388 e. The first kappa shape index (κ1) is 35.6. The third kappa shape index (κ3) is 8.03. The summed E-state index contributed by atoms with van der Waals surface area (Å²) in [4.78, 5) is 30.1. The molecule has 2 saturated heterocycles. The summed E-state index contributed by atoms with van der Waals surface area (Å²) in [5.74, 6) is 2.20. The molecular formula is C39H49BFN7O2. The number of piperidine rings is 1. The minimum atomic E-state index is -0.365. The molecule has 0 amide bonds. The summed E-state index contributed by atoms with van der Waals surface area (Å²) in [6.07, 6.45) is 10.8. The number of halogens is 1. The summed E-state index contributed by atoms with van der Waals surface area (Å²) in [6, 6.07) is 12.3. The van der Waals surface area contributed by atoms with Gasteiger partial charge in [0.25, 0.3) is 6.71 Å². The lowest BCUT2D eigenvalue weighted by Crippen LogP contribution is -2.48. The van der Waals surface area contributed by atoms with E-state index in [-0.39, 0.29) is 29.8 Å². The van der Waals surface area contributed by atoms with E-state index in [9.17, 15) is 10.1 Å². The molecule has 262 valence electrons. The highest BCUT2D eigenvalue weighted by Gasteiger charge is 2.33. The Hall–Kier alpha value is -4.27. The van der Waals surface area contributed by atoms with Crippen LogP contribution < -0.4 is 15.2 Å². The van der Waals surface area contributed by atoms with E-state index < -0.39 is 0 Å². The summed E-state index contributed by atoms with van der Waals surface area (Å²) in [7, 11) is 3.25. The van der Waals surface area contributed by atoms with E-state index >= 15 is 4.39 Å². The van der Waals surface area contributed by atoms with Gasteiger partial charge in [-0.15, -0.1) is 0 Å². The van der Waals surface area contributed by atoms with Gasteiger partial charge in [-0.05, 0) is 93.6 Å². The average Bonchev–Trinajstić information content (AvgIpc) is 3.96. The summed E-state index contributed by atoms with van der Waals surface area (Å²) < 4.78 is 22.4. The number of ether oxygens (including phenoxy) is 1. The first-order valence-corrected chi connectivity index (χ1v) is 17.9. The molecule has 0 spiro atoms. The van der Waals surface area contributed by atoms with E-state index in [4.69, 9.17) is 0 Å². The molecule has 5 heterocycles. The van der Waals surface area contributed by atoms with Crippen LogP contribution >= 0.6 is 0 Å². The molecule has 11 heteroatoms. The number of nitrogens with zero attached hydrogens (tertiary/aromatic N) is 7. The Morgan fingerprint density at radius 3 is 2.50 bits per heavy atom. The highest BCUT2D eigenvalue weighted by atomic mass is 19.1. The maximum Gasteiger partial charge on any atom is 0.274 e. The monoisotopic (exact) mass is 677 g/mol. The van der Waals surface area contributed by atoms with Crippen LogP contribution in [0.3, 0.4) is 0 Å². The topological polar surface area (TPSA) is 90.5 Å². The number of hydrogen-bond acceptors (Lipinski definition) is 8. The number of fused-ring (bicyclic) bond motifs is 1. The lowest BCUT2D eigenvalue weighted by Gasteiger charge is -2.40. The fourth-order valence-corrected chi connectivity index (χ4v) is 7.59. The summed E-state index contributed by atoms with van der Waals surface area (Å²) in [6.45, 7) is 10.3. The number of nitriles is 1. The van der Waals surface area contributed by atoms with Gasteiger partial charge >= 0.3 is 0 Å². The maximum atomic E-state index is 15.9. The molecule has 9 nitrogen and oxygen atoms in total. The van der Waals surface area contributed by atoms with Crippen molar-refractivity contribution in [3.8, 4) is 5.97 Å². The quantitative estimate of drug-likeness (QED) is 0.193. The third-order valence-electron chi connectivity index (χ3n) is 10.4. The average molecular weight is 678 g/mol. The molecule has 0 unspecified atom stereocenters. The van der Waals surface area contributed by atoms with Crippen LogP contribution in [0.4, 0.5) is 15.8 Å². The molecule has 3 fully saturated rings.